The first-order valence-corrected chi connectivity index (χ1v) is 9.15. The Morgan fingerprint density at radius 2 is 1.63 bits per heavy atom. The minimum absolute atomic E-state index is 0.586. The van der Waals surface area contributed by atoms with Gasteiger partial charge in [0.1, 0.15) is 0 Å². The van der Waals surface area contributed by atoms with E-state index in [1.54, 1.807) is 0 Å². The number of ether oxygens (including phenoxy) is 2. The molecule has 0 radical (unpaired) electrons. The molecule has 0 amide bonds. The molecule has 0 saturated carbocycles. The molecule has 27 heavy (non-hydrogen) atoms. The Morgan fingerprint density at radius 3 is 2.44 bits per heavy atom. The molecule has 0 unspecified atom stereocenters. The van der Waals surface area contributed by atoms with Crippen molar-refractivity contribution in [1.82, 2.24) is 4.98 Å². The second-order valence-electron chi connectivity index (χ2n) is 6.07. The molecule has 0 atom stereocenters. The van der Waals surface area contributed by atoms with Crippen LogP contribution in [0.2, 0.25) is 0 Å². The number of benzene rings is 2. The summed E-state index contributed by atoms with van der Waals surface area (Å²) in [6.45, 7) is 7.20. The molecule has 1 N–H and O–H groups in total. The van der Waals surface area contributed by atoms with E-state index in [2.05, 4.69) is 59.5 Å². The summed E-state index contributed by atoms with van der Waals surface area (Å²) in [5.41, 5.74) is 4.17. The van der Waals surface area contributed by atoms with Gasteiger partial charge in [-0.05, 0) is 31.0 Å². The van der Waals surface area contributed by atoms with E-state index in [-0.39, 0.29) is 0 Å². The van der Waals surface area contributed by atoms with Gasteiger partial charge in [-0.1, -0.05) is 36.4 Å². The molecule has 1 heterocycles. The molecule has 5 heteroatoms. The fourth-order valence-corrected chi connectivity index (χ4v) is 2.70. The van der Waals surface area contributed by atoms with Crippen LogP contribution in [-0.4, -0.2) is 51.2 Å². The van der Waals surface area contributed by atoms with Gasteiger partial charge in [0, 0.05) is 23.2 Å². The van der Waals surface area contributed by atoms with Crippen LogP contribution < -0.4 is 5.32 Å². The van der Waals surface area contributed by atoms with E-state index in [0.717, 1.165) is 34.4 Å². The van der Waals surface area contributed by atoms with Gasteiger partial charge in [0.2, 0.25) is 0 Å². The van der Waals surface area contributed by atoms with Crippen LogP contribution in [0.5, 0.6) is 0 Å². The van der Waals surface area contributed by atoms with Gasteiger partial charge in [-0.2, -0.15) is 0 Å². The summed E-state index contributed by atoms with van der Waals surface area (Å²) in [6, 6.07) is 20.6. The molecular weight excluding hydrogens is 338 g/mol. The highest BCUT2D eigenvalue weighted by atomic mass is 16.5. The number of hydrogen-bond donors (Lipinski definition) is 1. The van der Waals surface area contributed by atoms with Crippen molar-refractivity contribution in [3.8, 4) is 11.3 Å². The first-order chi connectivity index (χ1) is 13.4. The number of nitrogens with zero attached hydrogens (tertiary/aromatic N) is 2. The van der Waals surface area contributed by atoms with Crippen LogP contribution in [0.15, 0.2) is 65.7 Å². The maximum atomic E-state index is 5.53. The van der Waals surface area contributed by atoms with Crippen LogP contribution in [0.25, 0.3) is 22.2 Å². The lowest BCUT2D eigenvalue weighted by atomic mass is 10.1. The zero-order valence-corrected chi connectivity index (χ0v) is 15.4. The van der Waals surface area contributed by atoms with Crippen LogP contribution in [0.3, 0.4) is 0 Å². The number of aliphatic imine (C=N–C) groups is 1. The van der Waals surface area contributed by atoms with Crippen molar-refractivity contribution in [2.24, 2.45) is 4.99 Å². The molecule has 140 valence electrons. The summed E-state index contributed by atoms with van der Waals surface area (Å²) in [7, 11) is 0. The Hall–Kier alpha value is -2.76. The molecule has 0 aliphatic rings. The van der Waals surface area contributed by atoms with Gasteiger partial charge in [-0.25, -0.2) is 4.98 Å². The van der Waals surface area contributed by atoms with Crippen molar-refractivity contribution in [2.75, 3.05) is 44.8 Å². The van der Waals surface area contributed by atoms with Crippen molar-refractivity contribution in [2.45, 2.75) is 0 Å². The summed E-state index contributed by atoms with van der Waals surface area (Å²) in [5.74, 6) is 0. The maximum absolute atomic E-state index is 5.53. The van der Waals surface area contributed by atoms with Gasteiger partial charge in [0.15, 0.2) is 0 Å². The number of aromatic nitrogens is 1. The summed E-state index contributed by atoms with van der Waals surface area (Å²) < 4.78 is 10.9. The minimum Gasteiger partial charge on any atom is -0.383 e. The summed E-state index contributed by atoms with van der Waals surface area (Å²) in [4.78, 5) is 8.46. The van der Waals surface area contributed by atoms with E-state index in [4.69, 9.17) is 14.5 Å². The molecule has 0 bridgehead atoms. The Morgan fingerprint density at radius 1 is 0.852 bits per heavy atom. The number of pyridine rings is 1. The molecule has 2 aromatic carbocycles. The third kappa shape index (κ3) is 5.88. The Labute approximate surface area is 160 Å². The van der Waals surface area contributed by atoms with E-state index in [1.165, 1.54) is 0 Å². The molecular formula is C22H25N3O2. The SMILES string of the molecule is C=NCCOCCOCCNc1ccc(-c2ccc3ccccc3n2)cc1. The smallest absolute Gasteiger partial charge is 0.0709 e. The monoisotopic (exact) mass is 363 g/mol. The van der Waals surface area contributed by atoms with Gasteiger partial charge in [-0.15, -0.1) is 0 Å². The van der Waals surface area contributed by atoms with E-state index in [0.29, 0.717) is 33.0 Å². The molecule has 0 saturated heterocycles. The molecule has 5 nitrogen and oxygen atoms in total. The number of rotatable bonds is 11. The summed E-state index contributed by atoms with van der Waals surface area (Å²) in [6.07, 6.45) is 0. The van der Waals surface area contributed by atoms with E-state index in [9.17, 15) is 0 Å². The van der Waals surface area contributed by atoms with Crippen molar-refractivity contribution in [3.63, 3.8) is 0 Å². The fraction of sp³-hybridized carbons (Fsp3) is 0.273. The first kappa shape index (κ1) is 19.0. The van der Waals surface area contributed by atoms with E-state index in [1.807, 2.05) is 18.2 Å². The third-order valence-electron chi connectivity index (χ3n) is 4.12. The fourth-order valence-electron chi connectivity index (χ4n) is 2.70. The Balaban J connectivity index is 1.42. The highest BCUT2D eigenvalue weighted by Gasteiger charge is 2.01. The van der Waals surface area contributed by atoms with Crippen molar-refractivity contribution in [3.05, 3.63) is 60.7 Å². The zero-order chi connectivity index (χ0) is 18.7. The number of nitrogens with one attached hydrogen (secondary N) is 1. The normalized spacial score (nSPS) is 10.8. The number of fused-ring (bicyclic) bond motifs is 1. The standard InChI is InChI=1S/C22H25N3O2/c1-23-12-14-26-16-17-27-15-13-24-20-9-6-19(7-10-20)22-11-8-18-4-2-3-5-21(18)25-22/h2-11,24H,1,12-17H2. The maximum Gasteiger partial charge on any atom is 0.0709 e. The molecule has 0 aliphatic carbocycles. The van der Waals surface area contributed by atoms with Crippen molar-refractivity contribution >= 4 is 23.3 Å². The summed E-state index contributed by atoms with van der Waals surface area (Å²) >= 11 is 0. The predicted molar refractivity (Wildman–Crippen MR) is 112 cm³/mol. The van der Waals surface area contributed by atoms with Crippen LogP contribution in [0.4, 0.5) is 5.69 Å². The quantitative estimate of drug-likeness (QED) is 0.412. The minimum atomic E-state index is 0.586. The van der Waals surface area contributed by atoms with Gasteiger partial charge in [0.05, 0.1) is 44.2 Å². The lowest BCUT2D eigenvalue weighted by molar-refractivity contribution is 0.0549. The highest BCUT2D eigenvalue weighted by Crippen LogP contribution is 2.22. The lowest BCUT2D eigenvalue weighted by Gasteiger charge is -2.09. The molecule has 0 fully saturated rings. The number of para-hydroxylation sites is 1. The second-order valence-corrected chi connectivity index (χ2v) is 6.07. The molecule has 3 rings (SSSR count). The first-order valence-electron chi connectivity index (χ1n) is 9.15. The second kappa shape index (κ2) is 10.4. The van der Waals surface area contributed by atoms with Crippen molar-refractivity contribution in [1.29, 1.82) is 0 Å². The van der Waals surface area contributed by atoms with Crippen LogP contribution in [0, 0.1) is 0 Å². The molecule has 3 aromatic rings. The lowest BCUT2D eigenvalue weighted by Crippen LogP contribution is -2.13. The largest absolute Gasteiger partial charge is 0.383 e. The van der Waals surface area contributed by atoms with Crippen LogP contribution in [0.1, 0.15) is 0 Å². The number of anilines is 1. The van der Waals surface area contributed by atoms with Crippen LogP contribution in [-0.2, 0) is 9.47 Å². The van der Waals surface area contributed by atoms with Crippen LogP contribution >= 0.6 is 0 Å². The predicted octanol–water partition coefficient (Wildman–Crippen LogP) is 4.05. The van der Waals surface area contributed by atoms with Crippen molar-refractivity contribution < 1.29 is 9.47 Å². The van der Waals surface area contributed by atoms with Gasteiger partial charge in [-0.3, -0.25) is 4.99 Å². The summed E-state index contributed by atoms with van der Waals surface area (Å²) in [5, 5.41) is 4.51. The van der Waals surface area contributed by atoms with Gasteiger partial charge >= 0.3 is 0 Å². The van der Waals surface area contributed by atoms with Gasteiger partial charge in [0.25, 0.3) is 0 Å². The highest BCUT2D eigenvalue weighted by molar-refractivity contribution is 5.81. The molecule has 0 aliphatic heterocycles. The van der Waals surface area contributed by atoms with E-state index < -0.39 is 0 Å². The van der Waals surface area contributed by atoms with E-state index >= 15 is 0 Å². The van der Waals surface area contributed by atoms with Gasteiger partial charge < -0.3 is 14.8 Å². The number of hydrogen-bond acceptors (Lipinski definition) is 5. The molecule has 1 aromatic heterocycles. The molecule has 0 spiro atoms. The topological polar surface area (TPSA) is 55.7 Å². The Bertz CT molecular complexity index is 850. The third-order valence-corrected chi connectivity index (χ3v) is 4.12. The average molecular weight is 363 g/mol. The zero-order valence-electron chi connectivity index (χ0n) is 15.4. The average Bonchev–Trinajstić information content (AvgIpc) is 2.73. The Kier molecular flexibility index (Phi) is 7.33.